The first kappa shape index (κ1) is 8.93. The molecule has 0 aliphatic carbocycles. The molecule has 1 aromatic rings. The third-order valence-corrected chi connectivity index (χ3v) is 1.85. The highest BCUT2D eigenvalue weighted by Crippen LogP contribution is 2.03. The first-order valence-corrected chi connectivity index (χ1v) is 4.52. The summed E-state index contributed by atoms with van der Waals surface area (Å²) in [5.74, 6) is 0. The van der Waals surface area contributed by atoms with E-state index < -0.39 is 0 Å². The van der Waals surface area contributed by atoms with Crippen molar-refractivity contribution in [1.29, 1.82) is 0 Å². The molecule has 0 atom stereocenters. The van der Waals surface area contributed by atoms with Crippen molar-refractivity contribution in [3.05, 3.63) is 27.6 Å². The van der Waals surface area contributed by atoms with E-state index in [4.69, 9.17) is 0 Å². The number of hydrogen-bond donors (Lipinski definition) is 0. The van der Waals surface area contributed by atoms with Crippen molar-refractivity contribution in [2.24, 2.45) is 0 Å². The molecule has 1 heterocycles. The van der Waals surface area contributed by atoms with Gasteiger partial charge in [-0.1, -0.05) is 6.07 Å². The van der Waals surface area contributed by atoms with Gasteiger partial charge >= 0.3 is 0 Å². The van der Waals surface area contributed by atoms with Gasteiger partial charge in [0.05, 0.1) is 5.69 Å². The van der Waals surface area contributed by atoms with Gasteiger partial charge in [-0.25, -0.2) is 4.98 Å². The van der Waals surface area contributed by atoms with Crippen LogP contribution in [0.3, 0.4) is 0 Å². The number of rotatable bonds is 2. The van der Waals surface area contributed by atoms with Crippen LogP contribution < -0.4 is 0 Å². The van der Waals surface area contributed by atoms with E-state index in [1.807, 2.05) is 32.3 Å². The molecule has 3 heteroatoms. The average molecular weight is 262 g/mol. The molecule has 0 aromatic carbocycles. The van der Waals surface area contributed by atoms with E-state index in [1.165, 1.54) is 0 Å². The number of aromatic nitrogens is 1. The van der Waals surface area contributed by atoms with Crippen LogP contribution in [0.2, 0.25) is 0 Å². The van der Waals surface area contributed by atoms with Crippen LogP contribution in [-0.4, -0.2) is 24.0 Å². The number of hydrogen-bond acceptors (Lipinski definition) is 2. The van der Waals surface area contributed by atoms with E-state index in [0.717, 1.165) is 15.9 Å². The van der Waals surface area contributed by atoms with E-state index in [9.17, 15) is 0 Å². The Balaban J connectivity index is 2.71. The topological polar surface area (TPSA) is 16.1 Å². The molecule has 0 saturated heterocycles. The predicted octanol–water partition coefficient (Wildman–Crippen LogP) is 1.75. The summed E-state index contributed by atoms with van der Waals surface area (Å²) in [7, 11) is 4.09. The smallest absolute Gasteiger partial charge is 0.101 e. The molecule has 0 saturated carbocycles. The molecule has 0 spiro atoms. The zero-order valence-corrected chi connectivity index (χ0v) is 8.87. The second-order valence-corrected chi connectivity index (χ2v) is 3.79. The average Bonchev–Trinajstić information content (AvgIpc) is 1.85. The lowest BCUT2D eigenvalue weighted by Crippen LogP contribution is -2.11. The van der Waals surface area contributed by atoms with Crippen LogP contribution in [0.15, 0.2) is 18.2 Å². The zero-order chi connectivity index (χ0) is 8.27. The summed E-state index contributed by atoms with van der Waals surface area (Å²) in [6.07, 6.45) is 0. The van der Waals surface area contributed by atoms with Crippen LogP contribution in [0, 0.1) is 3.70 Å². The Kier molecular flexibility index (Phi) is 3.26. The molecule has 0 bridgehead atoms. The van der Waals surface area contributed by atoms with Gasteiger partial charge in [-0.3, -0.25) is 0 Å². The summed E-state index contributed by atoms with van der Waals surface area (Å²) < 4.78 is 1.06. The van der Waals surface area contributed by atoms with E-state index in [-0.39, 0.29) is 0 Å². The van der Waals surface area contributed by atoms with Gasteiger partial charge in [0.1, 0.15) is 3.70 Å². The lowest BCUT2D eigenvalue weighted by Gasteiger charge is -2.07. The molecule has 0 fully saturated rings. The SMILES string of the molecule is CN(C)Cc1cccc(I)n1. The third-order valence-electron chi connectivity index (χ3n) is 1.25. The van der Waals surface area contributed by atoms with Crippen molar-refractivity contribution in [1.82, 2.24) is 9.88 Å². The van der Waals surface area contributed by atoms with Gasteiger partial charge in [0, 0.05) is 6.54 Å². The van der Waals surface area contributed by atoms with Crippen LogP contribution >= 0.6 is 22.6 Å². The minimum atomic E-state index is 0.914. The Morgan fingerprint density at radius 1 is 1.45 bits per heavy atom. The molecule has 0 radical (unpaired) electrons. The van der Waals surface area contributed by atoms with Gasteiger partial charge in [0.2, 0.25) is 0 Å². The summed E-state index contributed by atoms with van der Waals surface area (Å²) >= 11 is 2.22. The summed E-state index contributed by atoms with van der Waals surface area (Å²) in [4.78, 5) is 6.47. The van der Waals surface area contributed by atoms with Crippen LogP contribution in [-0.2, 0) is 6.54 Å². The molecule has 1 aromatic heterocycles. The Morgan fingerprint density at radius 3 is 2.73 bits per heavy atom. The van der Waals surface area contributed by atoms with E-state index >= 15 is 0 Å². The molecule has 0 aliphatic heterocycles. The largest absolute Gasteiger partial charge is 0.304 e. The Bertz CT molecular complexity index is 235. The molecule has 1 rings (SSSR count). The van der Waals surface area contributed by atoms with Crippen LogP contribution in [0.4, 0.5) is 0 Å². The number of nitrogens with zero attached hydrogens (tertiary/aromatic N) is 2. The summed E-state index contributed by atoms with van der Waals surface area (Å²) in [5, 5.41) is 0. The highest BCUT2D eigenvalue weighted by molar-refractivity contribution is 14.1. The fourth-order valence-electron chi connectivity index (χ4n) is 0.862. The first-order valence-electron chi connectivity index (χ1n) is 3.44. The summed E-state index contributed by atoms with van der Waals surface area (Å²) in [6, 6.07) is 6.08. The van der Waals surface area contributed by atoms with Gasteiger partial charge in [0.25, 0.3) is 0 Å². The van der Waals surface area contributed by atoms with Crippen molar-refractivity contribution in [2.45, 2.75) is 6.54 Å². The van der Waals surface area contributed by atoms with Gasteiger partial charge in [0.15, 0.2) is 0 Å². The van der Waals surface area contributed by atoms with Crippen LogP contribution in [0.5, 0.6) is 0 Å². The first-order chi connectivity index (χ1) is 5.18. The van der Waals surface area contributed by atoms with Gasteiger partial charge in [-0.05, 0) is 48.8 Å². The highest BCUT2D eigenvalue weighted by Gasteiger charge is 1.95. The van der Waals surface area contributed by atoms with Crippen molar-refractivity contribution < 1.29 is 0 Å². The van der Waals surface area contributed by atoms with Crippen LogP contribution in [0.1, 0.15) is 5.69 Å². The van der Waals surface area contributed by atoms with E-state index in [0.29, 0.717) is 0 Å². The van der Waals surface area contributed by atoms with Gasteiger partial charge < -0.3 is 4.90 Å². The molecule has 2 nitrogen and oxygen atoms in total. The molecule has 60 valence electrons. The van der Waals surface area contributed by atoms with E-state index in [1.54, 1.807) is 0 Å². The highest BCUT2D eigenvalue weighted by atomic mass is 127. The molecular weight excluding hydrogens is 251 g/mol. The van der Waals surface area contributed by atoms with Crippen molar-refractivity contribution in [3.8, 4) is 0 Å². The summed E-state index contributed by atoms with van der Waals surface area (Å²) in [6.45, 7) is 0.914. The number of halogens is 1. The normalized spacial score (nSPS) is 10.5. The maximum absolute atomic E-state index is 4.36. The second-order valence-electron chi connectivity index (χ2n) is 2.69. The fourth-order valence-corrected chi connectivity index (χ4v) is 1.38. The fraction of sp³-hybridized carbons (Fsp3) is 0.375. The number of pyridine rings is 1. The maximum atomic E-state index is 4.36. The standard InChI is InChI=1S/C8H11IN2/c1-11(2)6-7-4-3-5-8(9)10-7/h3-5H,6H2,1-2H3. The van der Waals surface area contributed by atoms with E-state index in [2.05, 4.69) is 32.5 Å². The quantitative estimate of drug-likeness (QED) is 0.596. The van der Waals surface area contributed by atoms with Crippen LogP contribution in [0.25, 0.3) is 0 Å². The van der Waals surface area contributed by atoms with Crippen molar-refractivity contribution in [3.63, 3.8) is 0 Å². The maximum Gasteiger partial charge on any atom is 0.101 e. The van der Waals surface area contributed by atoms with Crippen molar-refractivity contribution >= 4 is 22.6 Å². The van der Waals surface area contributed by atoms with Crippen molar-refractivity contribution in [2.75, 3.05) is 14.1 Å². The lowest BCUT2D eigenvalue weighted by molar-refractivity contribution is 0.396. The van der Waals surface area contributed by atoms with Gasteiger partial charge in [-0.15, -0.1) is 0 Å². The lowest BCUT2D eigenvalue weighted by atomic mass is 10.3. The molecule has 0 N–H and O–H groups in total. The Labute approximate surface area is 80.8 Å². The van der Waals surface area contributed by atoms with Gasteiger partial charge in [-0.2, -0.15) is 0 Å². The monoisotopic (exact) mass is 262 g/mol. The molecular formula is C8H11IN2. The molecule has 11 heavy (non-hydrogen) atoms. The molecule has 0 amide bonds. The Morgan fingerprint density at radius 2 is 2.18 bits per heavy atom. The molecule has 0 unspecified atom stereocenters. The minimum Gasteiger partial charge on any atom is -0.304 e. The third kappa shape index (κ3) is 3.16. The predicted molar refractivity (Wildman–Crippen MR) is 54.3 cm³/mol. The summed E-state index contributed by atoms with van der Waals surface area (Å²) in [5.41, 5.74) is 1.13. The minimum absolute atomic E-state index is 0.914. The second kappa shape index (κ2) is 4.01. The Hall–Kier alpha value is -0.160. The molecule has 0 aliphatic rings. The zero-order valence-electron chi connectivity index (χ0n) is 6.71.